The van der Waals surface area contributed by atoms with E-state index in [9.17, 15) is 19.2 Å². The van der Waals surface area contributed by atoms with Gasteiger partial charge in [0.25, 0.3) is 5.56 Å². The van der Waals surface area contributed by atoms with Gasteiger partial charge in [-0.1, -0.05) is 6.42 Å². The molecule has 0 spiro atoms. The summed E-state index contributed by atoms with van der Waals surface area (Å²) in [7, 11) is 21.0. The number of nitrogens with two attached hydrogens (primary N) is 2. The van der Waals surface area contributed by atoms with Crippen molar-refractivity contribution in [3.63, 3.8) is 0 Å². The van der Waals surface area contributed by atoms with Crippen molar-refractivity contribution in [3.8, 4) is 0 Å². The highest BCUT2D eigenvalue weighted by Crippen LogP contribution is 2.36. The van der Waals surface area contributed by atoms with Crippen molar-refractivity contribution < 1.29 is 19.1 Å². The number of primary amides is 1. The van der Waals surface area contributed by atoms with E-state index >= 15 is 0 Å². The number of nitrogens with one attached hydrogen (secondary N) is 3. The largest absolute Gasteiger partial charge is 0.388 e. The highest BCUT2D eigenvalue weighted by molar-refractivity contribution is 7.64. The van der Waals surface area contributed by atoms with Crippen LogP contribution < -0.4 is 27.7 Å². The predicted octanol–water partition coefficient (Wildman–Crippen LogP) is -3.15. The minimum Gasteiger partial charge on any atom is -0.388 e. The molecule has 2 bridgehead atoms. The van der Waals surface area contributed by atoms with Crippen molar-refractivity contribution >= 4 is 112 Å². The molecule has 2 unspecified atom stereocenters. The Labute approximate surface area is 280 Å². The molecule has 2 aliphatic rings. The molecule has 3 aromatic rings. The third-order valence-electron chi connectivity index (χ3n) is 7.73. The molecule has 2 aromatic heterocycles. The molecule has 4 heterocycles. The normalized spacial score (nSPS) is 18.7. The van der Waals surface area contributed by atoms with Crippen LogP contribution in [-0.2, 0) is 20.9 Å². The van der Waals surface area contributed by atoms with E-state index in [1.807, 2.05) is 35.3 Å². The Morgan fingerprint density at radius 3 is 2.64 bits per heavy atom. The third-order valence-corrected chi connectivity index (χ3v) is 7.73. The fourth-order valence-corrected chi connectivity index (χ4v) is 5.32. The van der Waals surface area contributed by atoms with Gasteiger partial charge < -0.3 is 26.8 Å². The number of nitrogen functional groups attached to an aromatic ring is 1. The van der Waals surface area contributed by atoms with Crippen LogP contribution in [0.25, 0.3) is 11.2 Å². The van der Waals surface area contributed by atoms with Crippen molar-refractivity contribution in [2.24, 2.45) is 5.73 Å². The number of aromatic nitrogens is 4. The summed E-state index contributed by atoms with van der Waals surface area (Å²) in [6, 6.07) is 5.43. The maximum absolute atomic E-state index is 13.0. The molecule has 1 aromatic carbocycles. The number of esters is 2. The van der Waals surface area contributed by atoms with Crippen LogP contribution in [0.4, 0.5) is 11.6 Å². The first kappa shape index (κ1) is 34.6. The molecule has 1 amide bonds. The van der Waals surface area contributed by atoms with Gasteiger partial charge in [0.1, 0.15) is 6.04 Å². The zero-order valence-electron chi connectivity index (χ0n) is 25.6. The molecular weight excluding hydrogens is 588 g/mol. The van der Waals surface area contributed by atoms with Crippen LogP contribution in [0.15, 0.2) is 35.3 Å². The molecule has 13 nitrogen and oxygen atoms in total. The molecule has 2 fully saturated rings. The van der Waals surface area contributed by atoms with E-state index in [1.54, 1.807) is 12.1 Å². The second-order valence-corrected chi connectivity index (χ2v) is 11.3. The van der Waals surface area contributed by atoms with Gasteiger partial charge in [-0.15, -0.1) is 10.7 Å². The van der Waals surface area contributed by atoms with E-state index in [1.165, 1.54) is 18.3 Å². The van der Waals surface area contributed by atoms with Crippen LogP contribution in [0.2, 0.25) is 10.7 Å². The maximum atomic E-state index is 13.0. The van der Waals surface area contributed by atoms with E-state index in [0.29, 0.717) is 17.9 Å². The van der Waals surface area contributed by atoms with Gasteiger partial charge in [0.2, 0.25) is 11.9 Å². The Morgan fingerprint density at radius 1 is 1.04 bits per heavy atom. The number of rotatable bonds is 13. The SMILES string of the molecule is NC(=O)CC[C@H](NCCCC12[B][B][B][B][B][B][B]C([B][B]1)[B]2)C(=O)OC(=O)c1ccc(NCc2cnc3nc(N)[nH]c(=O)c3n2)cc1. The molecule has 0 saturated carbocycles. The minimum atomic E-state index is -0.885. The molecule has 47 heavy (non-hydrogen) atoms. The first-order valence-corrected chi connectivity index (χ1v) is 15.2. The second kappa shape index (κ2) is 16.4. The van der Waals surface area contributed by atoms with Crippen LogP contribution in [0, 0.1) is 0 Å². The highest BCUT2D eigenvalue weighted by atomic mass is 16.6. The lowest BCUT2D eigenvalue weighted by Crippen LogP contribution is -2.42. The lowest BCUT2D eigenvalue weighted by atomic mass is 8.89. The Morgan fingerprint density at radius 2 is 1.83 bits per heavy atom. The number of amides is 1. The summed E-state index contributed by atoms with van der Waals surface area (Å²) in [4.78, 5) is 64.2. The van der Waals surface area contributed by atoms with Gasteiger partial charge in [-0.25, -0.2) is 19.6 Å². The summed E-state index contributed by atoms with van der Waals surface area (Å²) in [5, 5.41) is 6.08. The molecule has 0 aliphatic carbocycles. The minimum absolute atomic E-state index is 0.0393. The molecule has 2 saturated heterocycles. The maximum Gasteiger partial charge on any atom is 0.345 e. The van der Waals surface area contributed by atoms with Crippen LogP contribution in [0.5, 0.6) is 0 Å². The van der Waals surface area contributed by atoms with Gasteiger partial charge >= 0.3 is 11.9 Å². The average molecular weight is 615 g/mol. The number of hydrogen-bond acceptors (Lipinski definition) is 11. The van der Waals surface area contributed by atoms with Gasteiger partial charge in [-0.2, -0.15) is 4.98 Å². The number of aromatic amines is 1. The number of carbonyl (C=O) groups excluding carboxylic acids is 3. The Kier molecular flexibility index (Phi) is 12.1. The summed E-state index contributed by atoms with van der Waals surface area (Å²) in [5.74, 6) is -2.20. The van der Waals surface area contributed by atoms with Gasteiger partial charge in [0.05, 0.1) is 38.4 Å². The first-order valence-electron chi connectivity index (χ1n) is 15.2. The molecule has 10 radical (unpaired) electrons. The zero-order chi connectivity index (χ0) is 33.2. The van der Waals surface area contributed by atoms with Gasteiger partial charge in [0, 0.05) is 68.9 Å². The van der Waals surface area contributed by atoms with E-state index in [4.69, 9.17) is 16.2 Å². The van der Waals surface area contributed by atoms with Crippen molar-refractivity contribution in [2.45, 2.75) is 49.0 Å². The molecular formula is C24H26B10N8O5. The number of H-pyrrole nitrogens is 1. The Bertz CT molecular complexity index is 1640. The fraction of sp³-hybridized carbons (Fsp3) is 0.375. The fourth-order valence-electron chi connectivity index (χ4n) is 5.32. The zero-order valence-corrected chi connectivity index (χ0v) is 25.6. The smallest absolute Gasteiger partial charge is 0.345 e. The molecule has 2 aliphatic heterocycles. The van der Waals surface area contributed by atoms with Crippen LogP contribution >= 0.6 is 0 Å². The molecule has 23 heteroatoms. The van der Waals surface area contributed by atoms with E-state index in [0.717, 1.165) is 12.8 Å². The number of fused-ring (bicyclic) bond motifs is 3. The molecule has 7 N–H and O–H groups in total. The average Bonchev–Trinajstić information content (AvgIpc) is 3.44. The quantitative estimate of drug-likeness (QED) is 0.0562. The summed E-state index contributed by atoms with van der Waals surface area (Å²) < 4.78 is 5.19. The number of hydrogen-bond donors (Lipinski definition) is 5. The van der Waals surface area contributed by atoms with Crippen LogP contribution in [-0.4, -0.2) is 122 Å². The summed E-state index contributed by atoms with van der Waals surface area (Å²) in [5.41, 5.74) is 12.1. The van der Waals surface area contributed by atoms with Gasteiger partial charge in [-0.3, -0.25) is 14.6 Å². The molecule has 3 atom stereocenters. The van der Waals surface area contributed by atoms with Crippen molar-refractivity contribution in [1.29, 1.82) is 0 Å². The Hall–Kier alpha value is -3.74. The Balaban J connectivity index is 1.11. The number of nitrogens with zero attached hydrogens (tertiary/aromatic N) is 3. The lowest BCUT2D eigenvalue weighted by Gasteiger charge is -2.31. The van der Waals surface area contributed by atoms with E-state index in [-0.39, 0.29) is 52.8 Å². The first-order chi connectivity index (χ1) is 22.7. The topological polar surface area (TPSA) is 208 Å². The van der Waals surface area contributed by atoms with Crippen molar-refractivity contribution in [2.75, 3.05) is 17.6 Å². The van der Waals surface area contributed by atoms with E-state index < -0.39 is 29.4 Å². The standard InChI is InChI=1S/C24H26B10N8O5/c35-16(43)7-6-15(37-9-1-8-24-25-22(26-28-24)27-30-32-34-33-31-29-24)21(46)47-20(45)12-2-4-13(5-3-12)38-10-14-11-39-18-17(40-14)19(44)42-23(36)41-18/h2-5,11,15,22,37-38H,1,6-10H2,(H2,35,43)(H3,36,39,41,42,44)/t15-,22?,24?/m0/s1. The van der Waals surface area contributed by atoms with Gasteiger partial charge in [-0.05, 0) is 43.7 Å². The van der Waals surface area contributed by atoms with Crippen LogP contribution in [0.1, 0.15) is 41.7 Å². The lowest BCUT2D eigenvalue weighted by molar-refractivity contribution is -0.140. The summed E-state index contributed by atoms with van der Waals surface area (Å²) in [6.45, 7) is 0.705. The van der Waals surface area contributed by atoms with Gasteiger partial charge in [0.15, 0.2) is 11.2 Å². The molecule has 222 valence electrons. The summed E-state index contributed by atoms with van der Waals surface area (Å²) in [6.07, 6.45) is 3.08. The number of benzene rings is 1. The van der Waals surface area contributed by atoms with Crippen molar-refractivity contribution in [3.05, 3.63) is 52.1 Å². The van der Waals surface area contributed by atoms with Crippen LogP contribution in [0.3, 0.4) is 0 Å². The number of carbonyl (C=O) groups is 3. The number of ether oxygens (including phenoxy) is 1. The number of anilines is 2. The predicted molar refractivity (Wildman–Crippen MR) is 190 cm³/mol. The highest BCUT2D eigenvalue weighted by Gasteiger charge is 2.39. The third kappa shape index (κ3) is 9.88. The summed E-state index contributed by atoms with van der Waals surface area (Å²) >= 11 is 0. The second-order valence-electron chi connectivity index (χ2n) is 11.3. The van der Waals surface area contributed by atoms with E-state index in [2.05, 4.69) is 66.5 Å². The molecule has 5 rings (SSSR count). The van der Waals surface area contributed by atoms with Crippen molar-refractivity contribution in [1.82, 2.24) is 25.3 Å². The monoisotopic (exact) mass is 616 g/mol.